The van der Waals surface area contributed by atoms with Crippen LogP contribution in [0, 0.1) is 5.92 Å². The van der Waals surface area contributed by atoms with E-state index in [2.05, 4.69) is 53.1 Å². The lowest BCUT2D eigenvalue weighted by Gasteiger charge is -2.37. The molecule has 1 spiro atoms. The van der Waals surface area contributed by atoms with Gasteiger partial charge in [0.25, 0.3) is 5.91 Å². The van der Waals surface area contributed by atoms with Gasteiger partial charge in [-0.1, -0.05) is 54.7 Å². The maximum Gasteiger partial charge on any atom is 0.264 e. The fourth-order valence-corrected chi connectivity index (χ4v) is 12.9. The molecule has 3 N–H and O–H groups in total. The summed E-state index contributed by atoms with van der Waals surface area (Å²) in [5.41, 5.74) is 2.84. The van der Waals surface area contributed by atoms with E-state index in [9.17, 15) is 9.90 Å². The number of carbonyl (C=O) groups excluding carboxylic acids is 2. The summed E-state index contributed by atoms with van der Waals surface area (Å²) < 4.78 is 20.3. The van der Waals surface area contributed by atoms with Gasteiger partial charge < -0.3 is 34.9 Å². The Labute approximate surface area is 311 Å². The van der Waals surface area contributed by atoms with Crippen LogP contribution in [0.4, 0.5) is 11.4 Å². The topological polar surface area (TPSA) is 140 Å². The molecule has 1 aromatic heterocycles. The van der Waals surface area contributed by atoms with E-state index < -0.39 is 13.7 Å². The van der Waals surface area contributed by atoms with E-state index in [-0.39, 0.29) is 42.0 Å². The van der Waals surface area contributed by atoms with Gasteiger partial charge in [-0.05, 0) is 79.4 Å². The predicted octanol–water partition coefficient (Wildman–Crippen LogP) is 4.37. The van der Waals surface area contributed by atoms with Crippen molar-refractivity contribution in [3.8, 4) is 11.5 Å². The number of nitrogens with one attached hydrogen (secondary N) is 2. The number of amides is 2. The number of nitrogens with zero attached hydrogens (tertiary/aromatic N) is 4. The first-order valence-electron chi connectivity index (χ1n) is 18.5. The molecule has 4 heterocycles. The average molecular weight is 739 g/mol. The lowest BCUT2D eigenvalue weighted by molar-refractivity contribution is -0.146. The van der Waals surface area contributed by atoms with E-state index in [4.69, 9.17) is 14.2 Å². The van der Waals surface area contributed by atoms with Crippen LogP contribution >= 0.6 is 0 Å². The second-order valence-corrected chi connectivity index (χ2v) is 19.7. The molecule has 53 heavy (non-hydrogen) atoms. The van der Waals surface area contributed by atoms with Crippen LogP contribution in [0.25, 0.3) is 0 Å². The number of rotatable bonds is 13. The number of benzene rings is 3. The van der Waals surface area contributed by atoms with E-state index in [1.807, 2.05) is 65.7 Å². The Morgan fingerprint density at radius 1 is 1.08 bits per heavy atom. The van der Waals surface area contributed by atoms with Crippen LogP contribution in [0.2, 0.25) is 18.6 Å². The first-order valence-corrected chi connectivity index (χ1v) is 21.6. The zero-order chi connectivity index (χ0) is 37.3. The van der Waals surface area contributed by atoms with Crippen molar-refractivity contribution < 1.29 is 28.9 Å². The highest BCUT2D eigenvalue weighted by molar-refractivity contribution is 6.91. The van der Waals surface area contributed by atoms with Crippen molar-refractivity contribution in [2.75, 3.05) is 37.6 Å². The van der Waals surface area contributed by atoms with Crippen LogP contribution < -0.4 is 30.2 Å². The Morgan fingerprint density at radius 3 is 2.49 bits per heavy atom. The van der Waals surface area contributed by atoms with E-state index in [1.54, 1.807) is 18.9 Å². The SMILES string of the molecule is COc1ccc([Si](C)(C)[C@@H]2[C@@H](CCn3cc(CCO)nn3)O[C@]3(C(=O)N(Cc4ccc(NC(=O)[C@H]5CCCN5)cc4)c4ccc(OC)cc43)[C@H]2C)cc1. The molecule has 280 valence electrons. The smallest absolute Gasteiger partial charge is 0.264 e. The van der Waals surface area contributed by atoms with Gasteiger partial charge in [-0.3, -0.25) is 14.3 Å². The van der Waals surface area contributed by atoms with Crippen molar-refractivity contribution in [3.05, 3.63) is 89.7 Å². The van der Waals surface area contributed by atoms with Crippen molar-refractivity contribution in [1.82, 2.24) is 20.3 Å². The van der Waals surface area contributed by atoms with Crippen LogP contribution in [0.3, 0.4) is 0 Å². The number of aliphatic hydroxyl groups excluding tert-OH is 1. The zero-order valence-electron chi connectivity index (χ0n) is 31.2. The monoisotopic (exact) mass is 738 g/mol. The molecule has 0 aliphatic carbocycles. The second kappa shape index (κ2) is 15.1. The molecular weight excluding hydrogens is 689 g/mol. The summed E-state index contributed by atoms with van der Waals surface area (Å²) >= 11 is 0. The quantitative estimate of drug-likeness (QED) is 0.171. The first kappa shape index (κ1) is 36.8. The van der Waals surface area contributed by atoms with Crippen molar-refractivity contribution in [2.45, 2.75) is 82.1 Å². The molecular formula is C40H50N6O6Si. The fraction of sp³-hybridized carbons (Fsp3) is 0.450. The lowest BCUT2D eigenvalue weighted by atomic mass is 9.82. The number of carbonyl (C=O) groups is 2. The molecule has 12 nitrogen and oxygen atoms in total. The minimum Gasteiger partial charge on any atom is -0.497 e. The second-order valence-electron chi connectivity index (χ2n) is 15.0. The van der Waals surface area contributed by atoms with Gasteiger partial charge in [-0.25, -0.2) is 0 Å². The summed E-state index contributed by atoms with van der Waals surface area (Å²) in [4.78, 5) is 29.8. The van der Waals surface area contributed by atoms with Crippen molar-refractivity contribution >= 4 is 36.4 Å². The number of methoxy groups -OCH3 is 2. The van der Waals surface area contributed by atoms with Gasteiger partial charge in [0.2, 0.25) is 5.91 Å². The van der Waals surface area contributed by atoms with Gasteiger partial charge in [0.15, 0.2) is 5.60 Å². The number of hydrogen-bond acceptors (Lipinski definition) is 9. The van der Waals surface area contributed by atoms with Crippen LogP contribution in [-0.2, 0) is 39.4 Å². The maximum atomic E-state index is 15.2. The summed E-state index contributed by atoms with van der Waals surface area (Å²) in [5, 5.41) is 25.5. The number of aryl methyl sites for hydroxylation is 1. The molecule has 0 saturated carbocycles. The molecule has 3 aromatic carbocycles. The summed E-state index contributed by atoms with van der Waals surface area (Å²) in [5.74, 6) is 1.17. The van der Waals surface area contributed by atoms with Crippen LogP contribution in [0.15, 0.2) is 72.9 Å². The highest BCUT2D eigenvalue weighted by Gasteiger charge is 2.66. The Kier molecular flexibility index (Phi) is 10.4. The molecule has 5 atom stereocenters. The highest BCUT2D eigenvalue weighted by Crippen LogP contribution is 2.60. The Hall–Kier alpha value is -4.56. The van der Waals surface area contributed by atoms with Gasteiger partial charge in [-0.2, -0.15) is 0 Å². The number of fused-ring (bicyclic) bond motifs is 2. The van der Waals surface area contributed by atoms with Crippen LogP contribution in [-0.4, -0.2) is 79.5 Å². The van der Waals surface area contributed by atoms with Crippen molar-refractivity contribution in [1.29, 1.82) is 0 Å². The van der Waals surface area contributed by atoms with Gasteiger partial charge >= 0.3 is 0 Å². The summed E-state index contributed by atoms with van der Waals surface area (Å²) in [6.45, 7) is 8.68. The number of aliphatic hydroxyl groups is 1. The average Bonchev–Trinajstić information content (AvgIpc) is 3.97. The summed E-state index contributed by atoms with van der Waals surface area (Å²) in [7, 11) is 0.964. The molecule has 2 fully saturated rings. The molecule has 0 unspecified atom stereocenters. The number of hydrogen-bond donors (Lipinski definition) is 3. The number of aromatic nitrogens is 3. The molecule has 0 radical (unpaired) electrons. The third-order valence-electron chi connectivity index (χ3n) is 11.6. The summed E-state index contributed by atoms with van der Waals surface area (Å²) in [6, 6.07) is 21.7. The molecule has 3 aliphatic rings. The Morgan fingerprint density at radius 2 is 1.81 bits per heavy atom. The van der Waals surface area contributed by atoms with Crippen molar-refractivity contribution in [3.63, 3.8) is 0 Å². The van der Waals surface area contributed by atoms with E-state index in [0.29, 0.717) is 31.7 Å². The summed E-state index contributed by atoms with van der Waals surface area (Å²) in [6.07, 6.45) is 4.51. The molecule has 7 rings (SSSR count). The van der Waals surface area contributed by atoms with Crippen molar-refractivity contribution in [2.24, 2.45) is 5.92 Å². The van der Waals surface area contributed by atoms with Gasteiger partial charge in [-0.15, -0.1) is 5.10 Å². The zero-order valence-corrected chi connectivity index (χ0v) is 32.2. The fourth-order valence-electron chi connectivity index (χ4n) is 8.80. The highest BCUT2D eigenvalue weighted by atomic mass is 28.3. The van der Waals surface area contributed by atoms with Crippen LogP contribution in [0.1, 0.15) is 43.0 Å². The third-order valence-corrected chi connectivity index (χ3v) is 15.9. The maximum absolute atomic E-state index is 15.2. The van der Waals surface area contributed by atoms with Gasteiger partial charge in [0.1, 0.15) is 11.5 Å². The Balaban J connectivity index is 1.22. The van der Waals surface area contributed by atoms with E-state index in [1.165, 1.54) is 5.19 Å². The third kappa shape index (κ3) is 6.87. The molecule has 0 bridgehead atoms. The number of anilines is 2. The first-order chi connectivity index (χ1) is 25.6. The molecule has 2 saturated heterocycles. The molecule has 3 aliphatic heterocycles. The minimum absolute atomic E-state index is 0.00845. The molecule has 2 amide bonds. The largest absolute Gasteiger partial charge is 0.497 e. The lowest BCUT2D eigenvalue weighted by Crippen LogP contribution is -2.51. The Bertz CT molecular complexity index is 1930. The number of ether oxygens (including phenoxy) is 3. The molecule has 4 aromatic rings. The van der Waals surface area contributed by atoms with E-state index >= 15 is 4.79 Å². The predicted molar refractivity (Wildman–Crippen MR) is 205 cm³/mol. The standard InChI is InChI=1S/C40H50N6O6Si/c1-26-37(53(4,5)32-15-12-30(50-2)13-16-32)36(18-21-45-25-29(19-22-47)43-44-45)52-40(26)33-23-31(51-3)14-17-35(33)46(39(40)49)24-27-8-10-28(11-9-27)42-38(48)34-7-6-20-41-34/h8-17,23,25-26,34,36-37,41,47H,6-7,18-22,24H2,1-5H3,(H,42,48)/t26-,34+,36+,37-,40+/m0/s1. The van der Waals surface area contributed by atoms with Gasteiger partial charge in [0, 0.05) is 42.9 Å². The van der Waals surface area contributed by atoms with Crippen LogP contribution in [0.5, 0.6) is 11.5 Å². The minimum atomic E-state index is -2.35. The van der Waals surface area contributed by atoms with E-state index in [0.717, 1.165) is 53.3 Å². The normalized spacial score (nSPS) is 23.8. The van der Waals surface area contributed by atoms with Gasteiger partial charge in [0.05, 0.1) is 52.4 Å². The molecule has 13 heteroatoms.